The fourth-order valence-corrected chi connectivity index (χ4v) is 1.66. The summed E-state index contributed by atoms with van der Waals surface area (Å²) in [5, 5.41) is 0.693. The first-order valence-electron chi connectivity index (χ1n) is 4.69. The van der Waals surface area contributed by atoms with E-state index in [0.717, 1.165) is 5.56 Å². The number of hydrogen-bond donors (Lipinski definition) is 0. The molecular weight excluding hydrogens is 214 g/mol. The summed E-state index contributed by atoms with van der Waals surface area (Å²) in [6, 6.07) is 7.47. The Kier molecular flexibility index (Phi) is 3.02. The Morgan fingerprint density at radius 1 is 1.33 bits per heavy atom. The van der Waals surface area contributed by atoms with Gasteiger partial charge in [0.15, 0.2) is 6.40 Å². The first kappa shape index (κ1) is 10.2. The highest BCUT2D eigenvalue weighted by Gasteiger charge is 2.18. The molecule has 1 aliphatic heterocycles. The molecule has 1 atom stereocenters. The first-order chi connectivity index (χ1) is 7.25. The van der Waals surface area contributed by atoms with Crippen LogP contribution in [-0.4, -0.2) is 18.9 Å². The minimum absolute atomic E-state index is 0.0912. The largest absolute Gasteiger partial charge is 0.415 e. The Balaban J connectivity index is 2.19. The Labute approximate surface area is 92.7 Å². The molecular formula is C11H10ClNO2. The number of esters is 1. The summed E-state index contributed by atoms with van der Waals surface area (Å²) < 4.78 is 4.72. The van der Waals surface area contributed by atoms with Gasteiger partial charge in [0.05, 0.1) is 6.42 Å². The highest BCUT2D eigenvalue weighted by atomic mass is 35.5. The minimum atomic E-state index is -0.240. The number of aliphatic imine (C=N–C) groups is 1. The van der Waals surface area contributed by atoms with Crippen LogP contribution in [0, 0.1) is 0 Å². The minimum Gasteiger partial charge on any atom is -0.415 e. The van der Waals surface area contributed by atoms with Crippen LogP contribution in [-0.2, 0) is 9.53 Å². The maximum Gasteiger partial charge on any atom is 0.312 e. The second-order valence-corrected chi connectivity index (χ2v) is 3.85. The molecule has 1 aliphatic rings. The average Bonchev–Trinajstić information content (AvgIpc) is 2.44. The van der Waals surface area contributed by atoms with E-state index in [9.17, 15) is 4.79 Å². The third-order valence-electron chi connectivity index (χ3n) is 2.34. The Hall–Kier alpha value is -1.35. The number of rotatable bonds is 1. The number of carbonyl (C=O) groups is 1. The molecule has 0 radical (unpaired) electrons. The first-order valence-corrected chi connectivity index (χ1v) is 5.07. The summed E-state index contributed by atoms with van der Waals surface area (Å²) >= 11 is 5.79. The summed E-state index contributed by atoms with van der Waals surface area (Å²) in [6.45, 7) is 0.577. The zero-order valence-corrected chi connectivity index (χ0v) is 8.78. The van der Waals surface area contributed by atoms with Gasteiger partial charge in [-0.2, -0.15) is 0 Å². The number of carbonyl (C=O) groups excluding carboxylic acids is 1. The zero-order valence-electron chi connectivity index (χ0n) is 8.02. The summed E-state index contributed by atoms with van der Waals surface area (Å²) in [7, 11) is 0. The van der Waals surface area contributed by atoms with Gasteiger partial charge in [0, 0.05) is 17.5 Å². The van der Waals surface area contributed by atoms with Gasteiger partial charge in [0.1, 0.15) is 0 Å². The maximum absolute atomic E-state index is 11.2. The topological polar surface area (TPSA) is 38.7 Å². The highest BCUT2D eigenvalue weighted by Crippen LogP contribution is 2.23. The molecule has 0 aliphatic carbocycles. The van der Waals surface area contributed by atoms with Gasteiger partial charge >= 0.3 is 5.97 Å². The lowest BCUT2D eigenvalue weighted by atomic mass is 9.96. The molecule has 1 unspecified atom stereocenters. The van der Waals surface area contributed by atoms with E-state index < -0.39 is 0 Å². The highest BCUT2D eigenvalue weighted by molar-refractivity contribution is 6.30. The van der Waals surface area contributed by atoms with Gasteiger partial charge in [-0.05, 0) is 17.7 Å². The van der Waals surface area contributed by atoms with Crippen molar-refractivity contribution in [2.75, 3.05) is 6.54 Å². The van der Waals surface area contributed by atoms with Gasteiger partial charge in [-0.3, -0.25) is 9.79 Å². The molecule has 0 saturated heterocycles. The molecule has 0 aromatic heterocycles. The monoisotopic (exact) mass is 223 g/mol. The molecule has 1 aromatic carbocycles. The summed E-state index contributed by atoms with van der Waals surface area (Å²) in [4.78, 5) is 15.2. The lowest BCUT2D eigenvalue weighted by Gasteiger charge is -2.11. The Morgan fingerprint density at radius 2 is 2.07 bits per heavy atom. The van der Waals surface area contributed by atoms with E-state index in [0.29, 0.717) is 18.0 Å². The van der Waals surface area contributed by atoms with Crippen molar-refractivity contribution in [1.82, 2.24) is 0 Å². The number of benzene rings is 1. The summed E-state index contributed by atoms with van der Waals surface area (Å²) in [5.74, 6) is -0.148. The second kappa shape index (κ2) is 4.45. The van der Waals surface area contributed by atoms with Gasteiger partial charge in [-0.15, -0.1) is 0 Å². The van der Waals surface area contributed by atoms with Crippen molar-refractivity contribution in [1.29, 1.82) is 0 Å². The van der Waals surface area contributed by atoms with E-state index in [-0.39, 0.29) is 11.9 Å². The predicted molar refractivity (Wildman–Crippen MR) is 58.3 cm³/mol. The fourth-order valence-electron chi connectivity index (χ4n) is 1.54. The van der Waals surface area contributed by atoms with Crippen LogP contribution in [0.5, 0.6) is 0 Å². The molecule has 0 bridgehead atoms. The van der Waals surface area contributed by atoms with Crippen LogP contribution in [0.1, 0.15) is 17.9 Å². The average molecular weight is 224 g/mol. The molecule has 3 nitrogen and oxygen atoms in total. The van der Waals surface area contributed by atoms with Crippen LogP contribution in [0.4, 0.5) is 0 Å². The van der Waals surface area contributed by atoms with E-state index in [2.05, 4.69) is 4.99 Å². The van der Waals surface area contributed by atoms with Gasteiger partial charge in [-0.1, -0.05) is 23.7 Å². The van der Waals surface area contributed by atoms with Crippen molar-refractivity contribution in [2.45, 2.75) is 12.3 Å². The Bertz CT molecular complexity index is 386. The Morgan fingerprint density at radius 3 is 2.80 bits per heavy atom. The SMILES string of the molecule is O=C1CC(c2ccc(Cl)cc2)CN=CO1. The smallest absolute Gasteiger partial charge is 0.312 e. The number of nitrogens with zero attached hydrogens (tertiary/aromatic N) is 1. The molecule has 2 rings (SSSR count). The van der Waals surface area contributed by atoms with Crippen molar-refractivity contribution in [3.63, 3.8) is 0 Å². The van der Waals surface area contributed by atoms with Crippen molar-refractivity contribution in [3.05, 3.63) is 34.9 Å². The number of halogens is 1. The normalized spacial score (nSPS) is 20.9. The molecule has 0 fully saturated rings. The van der Waals surface area contributed by atoms with E-state index in [1.807, 2.05) is 24.3 Å². The molecule has 0 spiro atoms. The maximum atomic E-state index is 11.2. The van der Waals surface area contributed by atoms with Gasteiger partial charge in [0.2, 0.25) is 0 Å². The summed E-state index contributed by atoms with van der Waals surface area (Å²) in [5.41, 5.74) is 1.07. The lowest BCUT2D eigenvalue weighted by molar-refractivity contribution is -0.135. The van der Waals surface area contributed by atoms with Crippen molar-refractivity contribution < 1.29 is 9.53 Å². The predicted octanol–water partition coefficient (Wildman–Crippen LogP) is 2.40. The van der Waals surface area contributed by atoms with Crippen molar-refractivity contribution in [3.8, 4) is 0 Å². The third-order valence-corrected chi connectivity index (χ3v) is 2.59. The van der Waals surface area contributed by atoms with Crippen LogP contribution in [0.25, 0.3) is 0 Å². The van der Waals surface area contributed by atoms with Gasteiger partial charge < -0.3 is 4.74 Å². The fraction of sp³-hybridized carbons (Fsp3) is 0.273. The molecule has 78 valence electrons. The van der Waals surface area contributed by atoms with Crippen LogP contribution in [0.2, 0.25) is 5.02 Å². The second-order valence-electron chi connectivity index (χ2n) is 3.41. The van der Waals surface area contributed by atoms with Crippen LogP contribution in [0.3, 0.4) is 0 Å². The van der Waals surface area contributed by atoms with Crippen molar-refractivity contribution >= 4 is 24.0 Å². The van der Waals surface area contributed by atoms with E-state index >= 15 is 0 Å². The molecule has 0 N–H and O–H groups in total. The summed E-state index contributed by atoms with van der Waals surface area (Å²) in [6.07, 6.45) is 1.58. The number of hydrogen-bond acceptors (Lipinski definition) is 3. The van der Waals surface area contributed by atoms with E-state index in [4.69, 9.17) is 16.3 Å². The van der Waals surface area contributed by atoms with Gasteiger partial charge in [0.25, 0.3) is 0 Å². The number of cyclic esters (lactones) is 1. The van der Waals surface area contributed by atoms with Crippen LogP contribution in [0.15, 0.2) is 29.3 Å². The van der Waals surface area contributed by atoms with Crippen LogP contribution < -0.4 is 0 Å². The number of ether oxygens (including phenoxy) is 1. The quantitative estimate of drug-likeness (QED) is 0.686. The molecule has 1 aromatic rings. The molecule has 4 heteroatoms. The van der Waals surface area contributed by atoms with E-state index in [1.165, 1.54) is 6.40 Å². The molecule has 15 heavy (non-hydrogen) atoms. The molecule has 1 heterocycles. The van der Waals surface area contributed by atoms with Crippen LogP contribution >= 0.6 is 11.6 Å². The van der Waals surface area contributed by atoms with E-state index in [1.54, 1.807) is 0 Å². The molecule has 0 saturated carbocycles. The van der Waals surface area contributed by atoms with Gasteiger partial charge in [-0.25, -0.2) is 0 Å². The third kappa shape index (κ3) is 2.57. The zero-order chi connectivity index (χ0) is 10.7. The molecule has 0 amide bonds. The lowest BCUT2D eigenvalue weighted by Crippen LogP contribution is -2.08. The van der Waals surface area contributed by atoms with Crippen molar-refractivity contribution in [2.24, 2.45) is 4.99 Å². The standard InChI is InChI=1S/C11H10ClNO2/c12-10-3-1-8(2-4-10)9-5-11(14)15-7-13-6-9/h1-4,7,9H,5-6H2.